The van der Waals surface area contributed by atoms with Gasteiger partial charge in [0.05, 0.1) is 11.7 Å². The summed E-state index contributed by atoms with van der Waals surface area (Å²) in [6.07, 6.45) is 6.08. The van der Waals surface area contributed by atoms with Crippen molar-refractivity contribution in [1.29, 1.82) is 0 Å². The zero-order valence-electron chi connectivity index (χ0n) is 11.9. The van der Waals surface area contributed by atoms with E-state index in [1.807, 2.05) is 49.5 Å². The minimum absolute atomic E-state index is 0.104. The highest BCUT2D eigenvalue weighted by molar-refractivity contribution is 5.79. The van der Waals surface area contributed by atoms with E-state index in [2.05, 4.69) is 9.97 Å². The van der Waals surface area contributed by atoms with Crippen LogP contribution in [0, 0.1) is 0 Å². The highest BCUT2D eigenvalue weighted by atomic mass is 16.5. The maximum Gasteiger partial charge on any atom is 0.145 e. The molecule has 0 saturated carbocycles. The van der Waals surface area contributed by atoms with Gasteiger partial charge >= 0.3 is 0 Å². The number of nitrogens with zero attached hydrogens (tertiary/aromatic N) is 2. The molecular formula is C17H17N3O. The van der Waals surface area contributed by atoms with Crippen LogP contribution in [-0.4, -0.2) is 16.0 Å². The third-order valence-corrected chi connectivity index (χ3v) is 3.14. The zero-order valence-corrected chi connectivity index (χ0v) is 11.9. The van der Waals surface area contributed by atoms with Crippen LogP contribution in [0.3, 0.4) is 0 Å². The Bertz CT molecular complexity index is 756. The topological polar surface area (TPSA) is 61.0 Å². The average molecular weight is 279 g/mol. The van der Waals surface area contributed by atoms with Crippen molar-refractivity contribution >= 4 is 10.9 Å². The molecule has 106 valence electrons. The van der Waals surface area contributed by atoms with Crippen molar-refractivity contribution in [3.8, 4) is 11.5 Å². The van der Waals surface area contributed by atoms with Crippen LogP contribution < -0.4 is 10.5 Å². The molecule has 3 rings (SSSR count). The average Bonchev–Trinajstić information content (AvgIpc) is 2.47. The summed E-state index contributed by atoms with van der Waals surface area (Å²) in [6.45, 7) is 1.97. The molecule has 2 N–H and O–H groups in total. The van der Waals surface area contributed by atoms with Crippen molar-refractivity contribution in [3.05, 3.63) is 60.6 Å². The van der Waals surface area contributed by atoms with Gasteiger partial charge in [-0.15, -0.1) is 0 Å². The zero-order chi connectivity index (χ0) is 14.7. The maximum absolute atomic E-state index is 5.87. The Hall–Kier alpha value is -2.46. The molecule has 0 aliphatic carbocycles. The number of nitrogens with two attached hydrogens (primary N) is 1. The molecule has 4 heteroatoms. The molecule has 1 aromatic carbocycles. The van der Waals surface area contributed by atoms with Crippen molar-refractivity contribution in [2.75, 3.05) is 0 Å². The summed E-state index contributed by atoms with van der Waals surface area (Å²) in [7, 11) is 0. The smallest absolute Gasteiger partial charge is 0.145 e. The number of hydrogen-bond donors (Lipinski definition) is 1. The van der Waals surface area contributed by atoms with Gasteiger partial charge in [-0.1, -0.05) is 6.07 Å². The summed E-state index contributed by atoms with van der Waals surface area (Å²) in [5.74, 6) is 1.46. The second-order valence-corrected chi connectivity index (χ2v) is 5.17. The van der Waals surface area contributed by atoms with Gasteiger partial charge in [0.15, 0.2) is 0 Å². The van der Waals surface area contributed by atoms with Gasteiger partial charge in [0.25, 0.3) is 0 Å². The van der Waals surface area contributed by atoms with E-state index in [0.717, 1.165) is 28.6 Å². The van der Waals surface area contributed by atoms with Crippen LogP contribution in [0.25, 0.3) is 10.9 Å². The Labute approximate surface area is 123 Å². The van der Waals surface area contributed by atoms with E-state index < -0.39 is 0 Å². The minimum Gasteiger partial charge on any atom is -0.456 e. The summed E-state index contributed by atoms with van der Waals surface area (Å²) in [5.41, 5.74) is 7.79. The van der Waals surface area contributed by atoms with Gasteiger partial charge in [-0.2, -0.15) is 0 Å². The Morgan fingerprint density at radius 1 is 1.14 bits per heavy atom. The first-order valence-electron chi connectivity index (χ1n) is 6.93. The third kappa shape index (κ3) is 3.35. The van der Waals surface area contributed by atoms with Gasteiger partial charge in [0.1, 0.15) is 11.5 Å². The SMILES string of the molecule is CC(N)Cc1cncc(Oc2ccc3cccnc3c2)c1. The molecule has 1 atom stereocenters. The van der Waals surface area contributed by atoms with E-state index in [-0.39, 0.29) is 6.04 Å². The summed E-state index contributed by atoms with van der Waals surface area (Å²) >= 11 is 0. The first kappa shape index (κ1) is 13.5. The van der Waals surface area contributed by atoms with Gasteiger partial charge in [-0.3, -0.25) is 9.97 Å². The fourth-order valence-corrected chi connectivity index (χ4v) is 2.25. The first-order valence-corrected chi connectivity index (χ1v) is 6.93. The molecule has 0 spiro atoms. The predicted octanol–water partition coefficient (Wildman–Crippen LogP) is 3.31. The summed E-state index contributed by atoms with van der Waals surface area (Å²) in [4.78, 5) is 8.53. The number of aromatic nitrogens is 2. The van der Waals surface area contributed by atoms with Gasteiger partial charge < -0.3 is 10.5 Å². The molecule has 0 aliphatic rings. The van der Waals surface area contributed by atoms with Crippen LogP contribution in [-0.2, 0) is 6.42 Å². The standard InChI is InChI=1S/C17H17N3O/c1-12(18)7-13-8-16(11-19-10-13)21-15-5-4-14-3-2-6-20-17(14)9-15/h2-6,8-12H,7,18H2,1H3. The Morgan fingerprint density at radius 3 is 2.90 bits per heavy atom. The molecule has 1 unspecified atom stereocenters. The number of rotatable bonds is 4. The number of fused-ring (bicyclic) bond motifs is 1. The summed E-state index contributed by atoms with van der Waals surface area (Å²) in [5, 5.41) is 1.09. The van der Waals surface area contributed by atoms with E-state index in [9.17, 15) is 0 Å². The van der Waals surface area contributed by atoms with E-state index in [1.54, 1.807) is 12.4 Å². The lowest BCUT2D eigenvalue weighted by Gasteiger charge is -2.09. The van der Waals surface area contributed by atoms with Gasteiger partial charge in [0, 0.05) is 29.9 Å². The van der Waals surface area contributed by atoms with Crippen molar-refractivity contribution < 1.29 is 4.74 Å². The Morgan fingerprint density at radius 2 is 2.05 bits per heavy atom. The normalized spacial score (nSPS) is 12.3. The molecule has 0 aliphatic heterocycles. The highest BCUT2D eigenvalue weighted by Gasteiger charge is 2.03. The van der Waals surface area contributed by atoms with Crippen molar-refractivity contribution in [2.24, 2.45) is 5.73 Å². The molecule has 0 saturated heterocycles. The molecule has 4 nitrogen and oxygen atoms in total. The largest absolute Gasteiger partial charge is 0.456 e. The van der Waals surface area contributed by atoms with E-state index in [4.69, 9.17) is 10.5 Å². The molecule has 2 heterocycles. The molecule has 21 heavy (non-hydrogen) atoms. The van der Waals surface area contributed by atoms with E-state index >= 15 is 0 Å². The predicted molar refractivity (Wildman–Crippen MR) is 83.4 cm³/mol. The minimum atomic E-state index is 0.104. The third-order valence-electron chi connectivity index (χ3n) is 3.14. The Kier molecular flexibility index (Phi) is 3.79. The molecular weight excluding hydrogens is 262 g/mol. The summed E-state index contributed by atoms with van der Waals surface area (Å²) in [6, 6.07) is 11.9. The van der Waals surface area contributed by atoms with Crippen LogP contribution in [0.2, 0.25) is 0 Å². The summed E-state index contributed by atoms with van der Waals surface area (Å²) < 4.78 is 5.87. The lowest BCUT2D eigenvalue weighted by atomic mass is 10.1. The van der Waals surface area contributed by atoms with Crippen LogP contribution in [0.4, 0.5) is 0 Å². The lowest BCUT2D eigenvalue weighted by molar-refractivity contribution is 0.479. The number of benzene rings is 1. The van der Waals surface area contributed by atoms with Crippen LogP contribution in [0.15, 0.2) is 55.0 Å². The quantitative estimate of drug-likeness (QED) is 0.796. The van der Waals surface area contributed by atoms with Crippen LogP contribution in [0.1, 0.15) is 12.5 Å². The van der Waals surface area contributed by atoms with Crippen LogP contribution in [0.5, 0.6) is 11.5 Å². The van der Waals surface area contributed by atoms with Crippen molar-refractivity contribution in [1.82, 2.24) is 9.97 Å². The monoisotopic (exact) mass is 279 g/mol. The van der Waals surface area contributed by atoms with Gasteiger partial charge in [-0.25, -0.2) is 0 Å². The molecule has 3 aromatic rings. The molecule has 2 aromatic heterocycles. The number of hydrogen-bond acceptors (Lipinski definition) is 4. The molecule has 0 fully saturated rings. The number of ether oxygens (including phenoxy) is 1. The molecule has 0 bridgehead atoms. The fraction of sp³-hybridized carbons (Fsp3) is 0.176. The molecule has 0 radical (unpaired) electrons. The highest BCUT2D eigenvalue weighted by Crippen LogP contribution is 2.24. The first-order chi connectivity index (χ1) is 10.2. The van der Waals surface area contributed by atoms with Gasteiger partial charge in [0.2, 0.25) is 0 Å². The number of pyridine rings is 2. The van der Waals surface area contributed by atoms with E-state index in [1.165, 1.54) is 0 Å². The second kappa shape index (κ2) is 5.89. The van der Waals surface area contributed by atoms with Crippen molar-refractivity contribution in [2.45, 2.75) is 19.4 Å². The Balaban J connectivity index is 1.84. The fourth-order valence-electron chi connectivity index (χ4n) is 2.25. The second-order valence-electron chi connectivity index (χ2n) is 5.17. The van der Waals surface area contributed by atoms with Crippen LogP contribution >= 0.6 is 0 Å². The van der Waals surface area contributed by atoms with Gasteiger partial charge in [-0.05, 0) is 43.2 Å². The van der Waals surface area contributed by atoms with E-state index in [0.29, 0.717) is 5.75 Å². The molecule has 0 amide bonds. The van der Waals surface area contributed by atoms with Crippen molar-refractivity contribution in [3.63, 3.8) is 0 Å². The maximum atomic E-state index is 5.87. The lowest BCUT2D eigenvalue weighted by Crippen LogP contribution is -2.17.